The quantitative estimate of drug-likeness (QED) is 0.603. The van der Waals surface area contributed by atoms with Gasteiger partial charge in [-0.3, -0.25) is 9.69 Å². The van der Waals surface area contributed by atoms with Crippen LogP contribution < -0.4 is 9.80 Å². The van der Waals surface area contributed by atoms with Crippen LogP contribution in [0.15, 0.2) is 53.4 Å². The lowest BCUT2D eigenvalue weighted by Crippen LogP contribution is -2.27. The molecule has 1 saturated heterocycles. The Morgan fingerprint density at radius 1 is 1.17 bits per heavy atom. The molecule has 0 radical (unpaired) electrons. The van der Waals surface area contributed by atoms with Crippen molar-refractivity contribution in [2.24, 2.45) is 0 Å². The smallest absolute Gasteiger partial charge is 0.270 e. The highest BCUT2D eigenvalue weighted by atomic mass is 32.2. The molecule has 0 N–H and O–H groups in total. The highest BCUT2D eigenvalue weighted by Crippen LogP contribution is 2.36. The molecule has 3 rings (SSSR count). The summed E-state index contributed by atoms with van der Waals surface area (Å²) in [6, 6.07) is 13.7. The minimum absolute atomic E-state index is 0.188. The highest BCUT2D eigenvalue weighted by Gasteiger charge is 2.33. The Morgan fingerprint density at radius 3 is 2.50 bits per heavy atom. The van der Waals surface area contributed by atoms with Crippen molar-refractivity contribution in [1.29, 1.82) is 0 Å². The number of thioether (sulfide) groups is 1. The third kappa shape index (κ3) is 3.34. The number of carbonyl (C=O) groups is 1. The number of hydrogen-bond acceptors (Lipinski definition) is 4. The Hall–Kier alpha value is -2.18. The van der Waals surface area contributed by atoms with Crippen LogP contribution in [0.25, 0.3) is 6.08 Å². The predicted molar refractivity (Wildman–Crippen MR) is 103 cm³/mol. The van der Waals surface area contributed by atoms with Gasteiger partial charge in [0.2, 0.25) is 0 Å². The van der Waals surface area contributed by atoms with E-state index >= 15 is 0 Å². The molecule has 1 fully saturated rings. The average molecular weight is 358 g/mol. The first-order valence-corrected chi connectivity index (χ1v) is 8.49. The molecular formula is C18H15FN2OS2. The van der Waals surface area contributed by atoms with E-state index < -0.39 is 0 Å². The maximum atomic E-state index is 13.3. The second kappa shape index (κ2) is 6.75. The summed E-state index contributed by atoms with van der Waals surface area (Å²) < 4.78 is 13.8. The van der Waals surface area contributed by atoms with Gasteiger partial charge in [0.25, 0.3) is 5.91 Å². The van der Waals surface area contributed by atoms with Crippen LogP contribution >= 0.6 is 24.0 Å². The summed E-state index contributed by atoms with van der Waals surface area (Å²) in [4.78, 5) is 16.6. The van der Waals surface area contributed by atoms with Crippen molar-refractivity contribution in [3.8, 4) is 0 Å². The van der Waals surface area contributed by atoms with Crippen LogP contribution in [0.3, 0.4) is 0 Å². The fourth-order valence-corrected chi connectivity index (χ4v) is 3.64. The molecule has 2 aromatic rings. The summed E-state index contributed by atoms with van der Waals surface area (Å²) >= 11 is 6.57. The Balaban J connectivity index is 1.89. The Labute approximate surface area is 149 Å². The molecular weight excluding hydrogens is 343 g/mol. The molecule has 6 heteroatoms. The Bertz CT molecular complexity index is 831. The molecule has 2 aromatic carbocycles. The van der Waals surface area contributed by atoms with Gasteiger partial charge in [-0.05, 0) is 48.0 Å². The highest BCUT2D eigenvalue weighted by molar-refractivity contribution is 8.27. The van der Waals surface area contributed by atoms with Crippen LogP contribution in [0, 0.1) is 5.82 Å². The summed E-state index contributed by atoms with van der Waals surface area (Å²) in [6.07, 6.45) is 1.66. The minimum atomic E-state index is -0.335. The number of anilines is 2. The lowest BCUT2D eigenvalue weighted by molar-refractivity contribution is -0.113. The zero-order valence-electron chi connectivity index (χ0n) is 13.2. The van der Waals surface area contributed by atoms with Gasteiger partial charge >= 0.3 is 0 Å². The number of carbonyl (C=O) groups excluding carboxylic acids is 1. The zero-order valence-corrected chi connectivity index (χ0v) is 14.8. The number of amides is 1. The molecule has 24 heavy (non-hydrogen) atoms. The zero-order chi connectivity index (χ0) is 17.3. The SMILES string of the molecule is CN(C)c1ccc(N2C(=O)/C(=C\c3cccc(F)c3)SC2=S)cc1. The first-order valence-electron chi connectivity index (χ1n) is 7.26. The fourth-order valence-electron chi connectivity index (χ4n) is 2.34. The molecule has 1 heterocycles. The van der Waals surface area contributed by atoms with Gasteiger partial charge in [-0.1, -0.05) is 36.1 Å². The largest absolute Gasteiger partial charge is 0.378 e. The number of rotatable bonds is 3. The molecule has 0 spiro atoms. The fraction of sp³-hybridized carbons (Fsp3) is 0.111. The van der Waals surface area contributed by atoms with E-state index in [9.17, 15) is 9.18 Å². The molecule has 0 saturated carbocycles. The van der Waals surface area contributed by atoms with Crippen LogP contribution in [-0.2, 0) is 4.79 Å². The molecule has 0 unspecified atom stereocenters. The number of benzene rings is 2. The van der Waals surface area contributed by atoms with Crippen LogP contribution in [-0.4, -0.2) is 24.3 Å². The van der Waals surface area contributed by atoms with Gasteiger partial charge in [-0.25, -0.2) is 4.39 Å². The van der Waals surface area contributed by atoms with Gasteiger partial charge in [-0.15, -0.1) is 0 Å². The number of nitrogens with zero attached hydrogens (tertiary/aromatic N) is 2. The molecule has 0 bridgehead atoms. The van der Waals surface area contributed by atoms with E-state index in [1.807, 2.05) is 43.3 Å². The lowest BCUT2D eigenvalue weighted by Gasteiger charge is -2.17. The Kier molecular flexibility index (Phi) is 4.69. The third-order valence-electron chi connectivity index (χ3n) is 3.56. The second-order valence-corrected chi connectivity index (χ2v) is 7.16. The van der Waals surface area contributed by atoms with Gasteiger partial charge in [0.1, 0.15) is 5.82 Å². The molecule has 1 amide bonds. The van der Waals surface area contributed by atoms with Crippen LogP contribution in [0.4, 0.5) is 15.8 Å². The molecule has 0 atom stereocenters. The normalized spacial score (nSPS) is 16.1. The first-order chi connectivity index (χ1) is 11.5. The van der Waals surface area contributed by atoms with Crippen LogP contribution in [0.1, 0.15) is 5.56 Å². The first kappa shape index (κ1) is 16.7. The topological polar surface area (TPSA) is 23.6 Å². The van der Waals surface area contributed by atoms with Crippen molar-refractivity contribution in [2.75, 3.05) is 23.9 Å². The molecule has 3 nitrogen and oxygen atoms in total. The number of hydrogen-bond donors (Lipinski definition) is 0. The van der Waals surface area contributed by atoms with Gasteiger partial charge < -0.3 is 4.90 Å². The van der Waals surface area contributed by atoms with E-state index in [1.54, 1.807) is 18.2 Å². The van der Waals surface area contributed by atoms with Gasteiger partial charge in [0.05, 0.1) is 10.6 Å². The van der Waals surface area contributed by atoms with Gasteiger partial charge in [0.15, 0.2) is 4.32 Å². The summed E-state index contributed by atoms with van der Waals surface area (Å²) in [5, 5.41) is 0. The molecule has 1 aliphatic heterocycles. The van der Waals surface area contributed by atoms with Crippen LogP contribution in [0.2, 0.25) is 0 Å². The van der Waals surface area contributed by atoms with Gasteiger partial charge in [-0.2, -0.15) is 0 Å². The maximum absolute atomic E-state index is 13.3. The van der Waals surface area contributed by atoms with E-state index in [1.165, 1.54) is 28.8 Å². The van der Waals surface area contributed by atoms with Crippen molar-refractivity contribution in [1.82, 2.24) is 0 Å². The van der Waals surface area contributed by atoms with Crippen molar-refractivity contribution < 1.29 is 9.18 Å². The maximum Gasteiger partial charge on any atom is 0.270 e. The third-order valence-corrected chi connectivity index (χ3v) is 4.87. The van der Waals surface area contributed by atoms with E-state index in [-0.39, 0.29) is 11.7 Å². The van der Waals surface area contributed by atoms with E-state index in [2.05, 4.69) is 0 Å². The van der Waals surface area contributed by atoms with Crippen molar-refractivity contribution in [2.45, 2.75) is 0 Å². The second-order valence-electron chi connectivity index (χ2n) is 5.48. The van der Waals surface area contributed by atoms with Crippen LogP contribution in [0.5, 0.6) is 0 Å². The minimum Gasteiger partial charge on any atom is -0.378 e. The monoisotopic (exact) mass is 358 g/mol. The van der Waals surface area contributed by atoms with E-state index in [0.29, 0.717) is 14.8 Å². The summed E-state index contributed by atoms with van der Waals surface area (Å²) in [5.41, 5.74) is 2.41. The van der Waals surface area contributed by atoms with Crippen molar-refractivity contribution in [3.63, 3.8) is 0 Å². The standard InChI is InChI=1S/C18H15FN2OS2/c1-20(2)14-6-8-15(9-7-14)21-17(22)16(24-18(21)23)11-12-4-3-5-13(19)10-12/h3-11H,1-2H3/b16-11+. The van der Waals surface area contributed by atoms with Crippen molar-refractivity contribution >= 4 is 51.7 Å². The van der Waals surface area contributed by atoms with Gasteiger partial charge in [0, 0.05) is 19.8 Å². The van der Waals surface area contributed by atoms with E-state index in [4.69, 9.17) is 12.2 Å². The number of halogens is 1. The Morgan fingerprint density at radius 2 is 1.88 bits per heavy atom. The van der Waals surface area contributed by atoms with Crippen molar-refractivity contribution in [3.05, 3.63) is 64.8 Å². The predicted octanol–water partition coefficient (Wildman–Crippen LogP) is 4.30. The average Bonchev–Trinajstić information content (AvgIpc) is 2.81. The lowest BCUT2D eigenvalue weighted by atomic mass is 10.2. The molecule has 0 aliphatic carbocycles. The van der Waals surface area contributed by atoms with E-state index in [0.717, 1.165) is 11.4 Å². The number of thiocarbonyl (C=S) groups is 1. The summed E-state index contributed by atoms with van der Waals surface area (Å²) in [6.45, 7) is 0. The molecule has 122 valence electrons. The summed E-state index contributed by atoms with van der Waals surface area (Å²) in [7, 11) is 3.91. The summed E-state index contributed by atoms with van der Waals surface area (Å²) in [5.74, 6) is -0.523. The molecule has 1 aliphatic rings. The molecule has 0 aromatic heterocycles.